The van der Waals surface area contributed by atoms with Crippen LogP contribution in [-0.4, -0.2) is 48.5 Å². The van der Waals surface area contributed by atoms with Gasteiger partial charge in [0.15, 0.2) is 0 Å². The minimum atomic E-state index is -1.21. The molecule has 164 valence electrons. The highest BCUT2D eigenvalue weighted by molar-refractivity contribution is 7.88. The summed E-state index contributed by atoms with van der Waals surface area (Å²) in [5, 5.41) is 9.08. The van der Waals surface area contributed by atoms with Crippen molar-refractivity contribution >= 4 is 33.5 Å². The third-order valence-corrected chi connectivity index (χ3v) is 7.69. The van der Waals surface area contributed by atoms with Crippen LogP contribution in [0.3, 0.4) is 0 Å². The summed E-state index contributed by atoms with van der Waals surface area (Å²) in [6, 6.07) is 9.42. The van der Waals surface area contributed by atoms with Gasteiger partial charge in [-0.05, 0) is 46.1 Å². The molecule has 1 aromatic rings. The minimum absolute atomic E-state index is 0.206. The molecule has 1 aromatic carbocycles. The van der Waals surface area contributed by atoms with E-state index in [-0.39, 0.29) is 29.8 Å². The molecule has 2 unspecified atom stereocenters. The van der Waals surface area contributed by atoms with Crippen LogP contribution >= 0.6 is 0 Å². The Bertz CT molecular complexity index is 728. The van der Waals surface area contributed by atoms with Crippen molar-refractivity contribution in [1.82, 2.24) is 0 Å². The zero-order valence-corrected chi connectivity index (χ0v) is 19.3. The number of carbonyl (C=O) groups excluding carboxylic acids is 1. The zero-order chi connectivity index (χ0) is 22.1. The fourth-order valence-corrected chi connectivity index (χ4v) is 5.63. The number of esters is 1. The van der Waals surface area contributed by atoms with Gasteiger partial charge in [0.05, 0.1) is 10.8 Å². The highest BCUT2D eigenvalue weighted by atomic mass is 32.2. The third kappa shape index (κ3) is 9.67. The van der Waals surface area contributed by atoms with E-state index in [0.29, 0.717) is 18.6 Å². The van der Waals surface area contributed by atoms with Gasteiger partial charge in [-0.15, -0.1) is 0 Å². The molecule has 0 heterocycles. The number of benzene rings is 1. The molecule has 8 heteroatoms. The predicted octanol–water partition coefficient (Wildman–Crippen LogP) is 3.14. The molecule has 0 aromatic heterocycles. The van der Waals surface area contributed by atoms with E-state index < -0.39 is 38.4 Å². The first-order valence-electron chi connectivity index (χ1n) is 9.58. The molecular formula is C21H32O6S2. The van der Waals surface area contributed by atoms with Crippen LogP contribution in [-0.2, 0) is 42.5 Å². The van der Waals surface area contributed by atoms with Gasteiger partial charge in [0, 0.05) is 44.6 Å². The number of carbonyl (C=O) groups is 2. The van der Waals surface area contributed by atoms with E-state index in [1.54, 1.807) is 27.7 Å². The van der Waals surface area contributed by atoms with Crippen molar-refractivity contribution in [3.05, 3.63) is 35.9 Å². The van der Waals surface area contributed by atoms with Crippen LogP contribution in [0.4, 0.5) is 0 Å². The topological polar surface area (TPSA) is 97.7 Å². The van der Waals surface area contributed by atoms with E-state index in [4.69, 9.17) is 9.84 Å². The van der Waals surface area contributed by atoms with Gasteiger partial charge in [0.2, 0.25) is 0 Å². The van der Waals surface area contributed by atoms with Crippen molar-refractivity contribution in [2.24, 2.45) is 10.8 Å². The molecule has 0 bridgehead atoms. The maximum atomic E-state index is 12.3. The number of ether oxygens (including phenoxy) is 1. The van der Waals surface area contributed by atoms with Crippen molar-refractivity contribution in [2.45, 2.75) is 47.1 Å². The molecule has 0 saturated heterocycles. The Morgan fingerprint density at radius 2 is 1.34 bits per heavy atom. The monoisotopic (exact) mass is 444 g/mol. The van der Waals surface area contributed by atoms with E-state index in [9.17, 15) is 18.0 Å². The summed E-state index contributed by atoms with van der Waals surface area (Å²) in [5.41, 5.74) is -0.762. The summed E-state index contributed by atoms with van der Waals surface area (Å²) < 4.78 is 29.7. The molecule has 1 rings (SSSR count). The Hall–Kier alpha value is -1.54. The maximum absolute atomic E-state index is 12.3. The van der Waals surface area contributed by atoms with Gasteiger partial charge in [-0.25, -0.2) is 0 Å². The minimum Gasteiger partial charge on any atom is -0.481 e. The summed E-state index contributed by atoms with van der Waals surface area (Å²) in [7, 11) is -2.40. The molecule has 0 aliphatic carbocycles. The van der Waals surface area contributed by atoms with Gasteiger partial charge in [-0.1, -0.05) is 30.3 Å². The SMILES string of the molecule is CC(C)(CCS(=O)CCS(=O)CCC(C)(C)C(=O)OCc1ccccc1)C(=O)O. The number of hydrogen-bond donors (Lipinski definition) is 1. The second-order valence-corrected chi connectivity index (χ2v) is 11.7. The summed E-state index contributed by atoms with van der Waals surface area (Å²) in [4.78, 5) is 23.4. The normalized spacial score (nSPS) is 14.2. The summed E-state index contributed by atoms with van der Waals surface area (Å²) in [6.45, 7) is 6.94. The molecular weight excluding hydrogens is 412 g/mol. The van der Waals surface area contributed by atoms with Crippen molar-refractivity contribution < 1.29 is 27.9 Å². The third-order valence-electron chi connectivity index (χ3n) is 4.79. The fourth-order valence-electron chi connectivity index (χ4n) is 2.26. The first-order chi connectivity index (χ1) is 13.4. The Balaban J connectivity index is 2.33. The standard InChI is InChI=1S/C21H32O6S2/c1-20(2,18(22)23)10-12-28(25)14-15-29(26)13-11-21(3,4)19(24)27-16-17-8-6-5-7-9-17/h5-9H,10-16H2,1-4H3,(H,22,23). The fraction of sp³-hybridized carbons (Fsp3) is 0.619. The van der Waals surface area contributed by atoms with Crippen LogP contribution in [0.1, 0.15) is 46.1 Å². The van der Waals surface area contributed by atoms with E-state index >= 15 is 0 Å². The molecule has 0 fully saturated rings. The van der Waals surface area contributed by atoms with E-state index in [1.165, 1.54) is 0 Å². The first-order valence-corrected chi connectivity index (χ1v) is 12.6. The van der Waals surface area contributed by atoms with Gasteiger partial charge in [-0.2, -0.15) is 0 Å². The highest BCUT2D eigenvalue weighted by Crippen LogP contribution is 2.24. The highest BCUT2D eigenvalue weighted by Gasteiger charge is 2.30. The number of carboxylic acid groups (broad SMARTS) is 1. The van der Waals surface area contributed by atoms with Crippen molar-refractivity contribution in [3.8, 4) is 0 Å². The maximum Gasteiger partial charge on any atom is 0.311 e. The van der Waals surface area contributed by atoms with Crippen LogP contribution in [0.15, 0.2) is 30.3 Å². The molecule has 1 N–H and O–H groups in total. The molecule has 0 aliphatic rings. The molecule has 6 nitrogen and oxygen atoms in total. The first kappa shape index (κ1) is 25.5. The second-order valence-electron chi connectivity index (χ2n) is 8.33. The summed E-state index contributed by atoms with van der Waals surface area (Å²) in [5.74, 6) is -0.118. The van der Waals surface area contributed by atoms with Gasteiger partial charge in [0.1, 0.15) is 6.61 Å². The van der Waals surface area contributed by atoms with Crippen LogP contribution in [0.2, 0.25) is 0 Å². The molecule has 0 radical (unpaired) electrons. The average Bonchev–Trinajstić information content (AvgIpc) is 2.68. The average molecular weight is 445 g/mol. The van der Waals surface area contributed by atoms with Gasteiger partial charge in [0.25, 0.3) is 0 Å². The predicted molar refractivity (Wildman–Crippen MR) is 116 cm³/mol. The quantitative estimate of drug-likeness (QED) is 0.469. The van der Waals surface area contributed by atoms with Crippen molar-refractivity contribution in [2.75, 3.05) is 23.0 Å². The molecule has 0 spiro atoms. The Morgan fingerprint density at radius 3 is 1.83 bits per heavy atom. The van der Waals surface area contributed by atoms with Gasteiger partial charge >= 0.3 is 11.9 Å². The number of rotatable bonds is 13. The van der Waals surface area contributed by atoms with Crippen LogP contribution in [0.25, 0.3) is 0 Å². The molecule has 0 aliphatic heterocycles. The molecule has 0 saturated carbocycles. The van der Waals surface area contributed by atoms with E-state index in [2.05, 4.69) is 0 Å². The number of carboxylic acids is 1. The lowest BCUT2D eigenvalue weighted by atomic mass is 9.90. The number of aliphatic carboxylic acids is 1. The molecule has 29 heavy (non-hydrogen) atoms. The van der Waals surface area contributed by atoms with Gasteiger partial charge < -0.3 is 9.84 Å². The second kappa shape index (κ2) is 11.6. The summed E-state index contributed by atoms with van der Waals surface area (Å²) >= 11 is 0. The lowest BCUT2D eigenvalue weighted by Crippen LogP contribution is -2.29. The Labute approximate surface area is 178 Å². The van der Waals surface area contributed by atoms with Gasteiger partial charge in [-0.3, -0.25) is 18.0 Å². The smallest absolute Gasteiger partial charge is 0.311 e. The van der Waals surface area contributed by atoms with Crippen molar-refractivity contribution in [1.29, 1.82) is 0 Å². The lowest BCUT2D eigenvalue weighted by Gasteiger charge is -2.22. The van der Waals surface area contributed by atoms with Crippen molar-refractivity contribution in [3.63, 3.8) is 0 Å². The Morgan fingerprint density at radius 1 is 0.862 bits per heavy atom. The van der Waals surface area contributed by atoms with Crippen LogP contribution < -0.4 is 0 Å². The zero-order valence-electron chi connectivity index (χ0n) is 17.6. The van der Waals surface area contributed by atoms with E-state index in [1.807, 2.05) is 30.3 Å². The van der Waals surface area contributed by atoms with Crippen LogP contribution in [0.5, 0.6) is 0 Å². The molecule has 0 amide bonds. The summed E-state index contributed by atoms with van der Waals surface area (Å²) in [6.07, 6.45) is 0.716. The molecule has 2 atom stereocenters. The largest absolute Gasteiger partial charge is 0.481 e. The Kier molecular flexibility index (Phi) is 10.2. The number of hydrogen-bond acceptors (Lipinski definition) is 5. The lowest BCUT2D eigenvalue weighted by molar-refractivity contribution is -0.155. The van der Waals surface area contributed by atoms with Crippen LogP contribution in [0, 0.1) is 10.8 Å². The van der Waals surface area contributed by atoms with E-state index in [0.717, 1.165) is 5.56 Å².